The smallest absolute Gasteiger partial charge is 0.263 e. The van der Waals surface area contributed by atoms with Crippen molar-refractivity contribution in [2.75, 3.05) is 6.54 Å². The Labute approximate surface area is 149 Å². The summed E-state index contributed by atoms with van der Waals surface area (Å²) in [6.45, 7) is 5.27. The summed E-state index contributed by atoms with van der Waals surface area (Å²) in [5.41, 5.74) is 2.25. The molecule has 4 nitrogen and oxygen atoms in total. The molecule has 1 N–H and O–H groups in total. The summed E-state index contributed by atoms with van der Waals surface area (Å²) < 4.78 is 0. The van der Waals surface area contributed by atoms with E-state index in [1.54, 1.807) is 6.20 Å². The van der Waals surface area contributed by atoms with E-state index < -0.39 is 0 Å². The zero-order valence-corrected chi connectivity index (χ0v) is 14.6. The molecule has 2 aromatic rings. The number of carbonyl (C=O) groups is 1. The average Bonchev–Trinajstić information content (AvgIpc) is 2.66. The van der Waals surface area contributed by atoms with Gasteiger partial charge in [0.15, 0.2) is 0 Å². The van der Waals surface area contributed by atoms with Crippen LogP contribution in [-0.4, -0.2) is 17.4 Å². The molecule has 0 saturated carbocycles. The molecule has 0 spiro atoms. The number of nitriles is 1. The number of rotatable bonds is 7. The van der Waals surface area contributed by atoms with Gasteiger partial charge in [0.25, 0.3) is 5.91 Å². The van der Waals surface area contributed by atoms with Crippen molar-refractivity contribution in [1.82, 2.24) is 10.2 Å². The predicted molar refractivity (Wildman–Crippen MR) is 99.2 cm³/mol. The molecule has 1 unspecified atom stereocenters. The fraction of sp³-hybridized carbons (Fsp3) is 0.238. The van der Waals surface area contributed by atoms with Crippen LogP contribution in [0.15, 0.2) is 72.4 Å². The highest BCUT2D eigenvalue weighted by atomic mass is 16.1. The summed E-state index contributed by atoms with van der Waals surface area (Å²) in [6.07, 6.45) is 1.64. The van der Waals surface area contributed by atoms with E-state index in [2.05, 4.69) is 5.32 Å². The number of hydrogen-bond acceptors (Lipinski definition) is 3. The second-order valence-corrected chi connectivity index (χ2v) is 5.81. The van der Waals surface area contributed by atoms with E-state index in [1.807, 2.05) is 85.5 Å². The summed E-state index contributed by atoms with van der Waals surface area (Å²) >= 11 is 0. The van der Waals surface area contributed by atoms with Gasteiger partial charge in [-0.3, -0.25) is 4.79 Å². The first-order valence-electron chi connectivity index (χ1n) is 8.39. The maximum absolute atomic E-state index is 12.4. The van der Waals surface area contributed by atoms with E-state index >= 15 is 0 Å². The van der Waals surface area contributed by atoms with E-state index in [9.17, 15) is 10.1 Å². The summed E-state index contributed by atoms with van der Waals surface area (Å²) in [7, 11) is 0. The summed E-state index contributed by atoms with van der Waals surface area (Å²) in [5.74, 6) is -0.356. The zero-order valence-electron chi connectivity index (χ0n) is 14.6. The van der Waals surface area contributed by atoms with E-state index in [-0.39, 0.29) is 17.5 Å². The van der Waals surface area contributed by atoms with Crippen molar-refractivity contribution in [2.24, 2.45) is 0 Å². The Morgan fingerprint density at radius 1 is 1.16 bits per heavy atom. The number of hydrogen-bond donors (Lipinski definition) is 1. The quantitative estimate of drug-likeness (QED) is 0.619. The third-order valence-electron chi connectivity index (χ3n) is 3.96. The van der Waals surface area contributed by atoms with Crippen LogP contribution in [0.4, 0.5) is 0 Å². The van der Waals surface area contributed by atoms with E-state index in [0.717, 1.165) is 11.1 Å². The topological polar surface area (TPSA) is 56.1 Å². The number of nitrogens with one attached hydrogen (secondary N) is 1. The van der Waals surface area contributed by atoms with E-state index in [4.69, 9.17) is 0 Å². The highest BCUT2D eigenvalue weighted by molar-refractivity contribution is 5.97. The molecule has 2 rings (SSSR count). The van der Waals surface area contributed by atoms with Gasteiger partial charge in [0, 0.05) is 19.3 Å². The maximum atomic E-state index is 12.4. The third kappa shape index (κ3) is 5.50. The van der Waals surface area contributed by atoms with Crippen LogP contribution in [-0.2, 0) is 11.3 Å². The van der Waals surface area contributed by atoms with Gasteiger partial charge in [0.2, 0.25) is 0 Å². The molecular formula is C21H23N3O. The molecule has 1 atom stereocenters. The van der Waals surface area contributed by atoms with Gasteiger partial charge in [-0.25, -0.2) is 0 Å². The number of nitrogens with zero attached hydrogens (tertiary/aromatic N) is 2. The van der Waals surface area contributed by atoms with Gasteiger partial charge in [0.05, 0.1) is 6.04 Å². The zero-order chi connectivity index (χ0) is 18.1. The molecule has 0 radical (unpaired) electrons. The van der Waals surface area contributed by atoms with Crippen LogP contribution in [0.3, 0.4) is 0 Å². The Bertz CT molecular complexity index is 748. The molecule has 2 aromatic carbocycles. The van der Waals surface area contributed by atoms with Crippen LogP contribution >= 0.6 is 0 Å². The van der Waals surface area contributed by atoms with Gasteiger partial charge in [-0.15, -0.1) is 0 Å². The van der Waals surface area contributed by atoms with Gasteiger partial charge in [-0.05, 0) is 25.0 Å². The van der Waals surface area contributed by atoms with Crippen molar-refractivity contribution >= 4 is 5.91 Å². The average molecular weight is 333 g/mol. The van der Waals surface area contributed by atoms with Gasteiger partial charge in [-0.2, -0.15) is 5.26 Å². The van der Waals surface area contributed by atoms with Gasteiger partial charge in [0.1, 0.15) is 11.6 Å². The lowest BCUT2D eigenvalue weighted by atomic mass is 10.1. The number of benzene rings is 2. The minimum absolute atomic E-state index is 0.112. The standard InChI is InChI=1S/C21H23N3O/c1-3-24(15-18-10-6-4-7-11-18)16-20(14-22)21(25)23-17(2)19-12-8-5-9-13-19/h4-13,16-17H,3,15H2,1-2H3,(H,23,25)/b20-16-. The van der Waals surface area contributed by atoms with Crippen molar-refractivity contribution in [1.29, 1.82) is 5.26 Å². The van der Waals surface area contributed by atoms with Crippen molar-refractivity contribution in [3.8, 4) is 6.07 Å². The van der Waals surface area contributed by atoms with Crippen molar-refractivity contribution in [3.05, 3.63) is 83.6 Å². The first-order valence-corrected chi connectivity index (χ1v) is 8.39. The monoisotopic (exact) mass is 333 g/mol. The lowest BCUT2D eigenvalue weighted by molar-refractivity contribution is -0.117. The second kappa shape index (κ2) is 9.29. The fourth-order valence-corrected chi connectivity index (χ4v) is 2.49. The van der Waals surface area contributed by atoms with Crippen LogP contribution in [0.5, 0.6) is 0 Å². The molecule has 0 aromatic heterocycles. The molecule has 128 valence electrons. The van der Waals surface area contributed by atoms with Crippen LogP contribution in [0, 0.1) is 11.3 Å². The van der Waals surface area contributed by atoms with Crippen LogP contribution in [0.2, 0.25) is 0 Å². The predicted octanol–water partition coefficient (Wildman–Crippen LogP) is 3.79. The molecule has 0 aliphatic rings. The second-order valence-electron chi connectivity index (χ2n) is 5.81. The molecule has 25 heavy (non-hydrogen) atoms. The largest absolute Gasteiger partial charge is 0.372 e. The van der Waals surface area contributed by atoms with Crippen molar-refractivity contribution in [2.45, 2.75) is 26.4 Å². The van der Waals surface area contributed by atoms with Crippen molar-refractivity contribution in [3.63, 3.8) is 0 Å². The molecule has 0 saturated heterocycles. The molecule has 4 heteroatoms. The highest BCUT2D eigenvalue weighted by Crippen LogP contribution is 2.13. The molecule has 0 aliphatic carbocycles. The lowest BCUT2D eigenvalue weighted by Gasteiger charge is -2.19. The molecule has 0 bridgehead atoms. The van der Waals surface area contributed by atoms with Crippen molar-refractivity contribution < 1.29 is 4.79 Å². The Morgan fingerprint density at radius 2 is 1.76 bits per heavy atom. The van der Waals surface area contributed by atoms with Gasteiger partial charge < -0.3 is 10.2 Å². The van der Waals surface area contributed by atoms with Crippen LogP contribution in [0.25, 0.3) is 0 Å². The molecule has 0 aliphatic heterocycles. The molecule has 1 amide bonds. The summed E-state index contributed by atoms with van der Waals surface area (Å²) in [6, 6.07) is 21.5. The third-order valence-corrected chi connectivity index (χ3v) is 3.96. The Kier molecular flexibility index (Phi) is 6.79. The summed E-state index contributed by atoms with van der Waals surface area (Å²) in [5, 5.41) is 12.3. The van der Waals surface area contributed by atoms with Crippen LogP contribution in [0.1, 0.15) is 31.0 Å². The minimum atomic E-state index is -0.356. The normalized spacial score (nSPS) is 12.1. The number of amides is 1. The first kappa shape index (κ1) is 18.3. The molecule has 0 fully saturated rings. The summed E-state index contributed by atoms with van der Waals surface area (Å²) in [4.78, 5) is 14.4. The maximum Gasteiger partial charge on any atom is 0.263 e. The minimum Gasteiger partial charge on any atom is -0.372 e. The fourth-order valence-electron chi connectivity index (χ4n) is 2.49. The lowest BCUT2D eigenvalue weighted by Crippen LogP contribution is -2.29. The molecular weight excluding hydrogens is 310 g/mol. The Hall–Kier alpha value is -3.06. The van der Waals surface area contributed by atoms with Gasteiger partial charge >= 0.3 is 0 Å². The van der Waals surface area contributed by atoms with E-state index in [0.29, 0.717) is 13.1 Å². The molecule has 0 heterocycles. The highest BCUT2D eigenvalue weighted by Gasteiger charge is 2.14. The first-order chi connectivity index (χ1) is 12.1. The van der Waals surface area contributed by atoms with Gasteiger partial charge in [-0.1, -0.05) is 60.7 Å². The van der Waals surface area contributed by atoms with E-state index in [1.165, 1.54) is 0 Å². The Morgan fingerprint density at radius 3 is 2.32 bits per heavy atom. The Balaban J connectivity index is 2.07. The van der Waals surface area contributed by atoms with Crippen LogP contribution < -0.4 is 5.32 Å². The SMILES string of the molecule is CCN(/C=C(/C#N)C(=O)NC(C)c1ccccc1)Cc1ccccc1. The number of carbonyl (C=O) groups excluding carboxylic acids is 1.